The van der Waals surface area contributed by atoms with Crippen molar-refractivity contribution >= 4 is 0 Å². The molecule has 1 aromatic carbocycles. The van der Waals surface area contributed by atoms with Crippen molar-refractivity contribution in [2.24, 2.45) is 5.92 Å². The number of likely N-dealkylation sites (tertiary alicyclic amines) is 1. The molecule has 1 aliphatic heterocycles. The molecule has 2 heteroatoms. The Bertz CT molecular complexity index is 369. The van der Waals surface area contributed by atoms with Gasteiger partial charge in [0, 0.05) is 6.54 Å². The molecule has 1 fully saturated rings. The molecule has 0 aromatic heterocycles. The molecular weight excluding hydrogens is 210 g/mol. The molecule has 0 unspecified atom stereocenters. The third-order valence-corrected chi connectivity index (χ3v) is 3.83. The van der Waals surface area contributed by atoms with E-state index in [-0.39, 0.29) is 0 Å². The first kappa shape index (κ1) is 12.4. The summed E-state index contributed by atoms with van der Waals surface area (Å²) < 4.78 is 0. The van der Waals surface area contributed by atoms with Gasteiger partial charge >= 0.3 is 0 Å². The third kappa shape index (κ3) is 3.01. The third-order valence-electron chi connectivity index (χ3n) is 3.83. The van der Waals surface area contributed by atoms with E-state index in [1.807, 2.05) is 13.8 Å². The van der Waals surface area contributed by atoms with Gasteiger partial charge in [0.05, 0.1) is 0 Å². The van der Waals surface area contributed by atoms with Crippen LogP contribution >= 0.6 is 0 Å². The zero-order chi connectivity index (χ0) is 12.4. The molecule has 0 atom stereocenters. The molecule has 0 bridgehead atoms. The Labute approximate surface area is 104 Å². The van der Waals surface area contributed by atoms with Crippen LogP contribution in [0.2, 0.25) is 0 Å². The summed E-state index contributed by atoms with van der Waals surface area (Å²) in [5.74, 6) is 1.33. The second-order valence-electron chi connectivity index (χ2n) is 5.54. The van der Waals surface area contributed by atoms with Gasteiger partial charge in [0.25, 0.3) is 0 Å². The molecule has 0 aliphatic carbocycles. The molecule has 1 saturated heterocycles. The molecule has 2 rings (SSSR count). The van der Waals surface area contributed by atoms with E-state index >= 15 is 0 Å². The second-order valence-corrected chi connectivity index (χ2v) is 5.54. The lowest BCUT2D eigenvalue weighted by atomic mass is 9.98. The first-order valence-corrected chi connectivity index (χ1v) is 6.57. The van der Waals surface area contributed by atoms with Gasteiger partial charge in [0.2, 0.25) is 0 Å². The number of rotatable bonds is 2. The average Bonchev–Trinajstić information content (AvgIpc) is 2.29. The van der Waals surface area contributed by atoms with Crippen molar-refractivity contribution in [1.29, 1.82) is 0 Å². The quantitative estimate of drug-likeness (QED) is 0.847. The zero-order valence-corrected chi connectivity index (χ0v) is 11.2. The van der Waals surface area contributed by atoms with Crippen molar-refractivity contribution < 1.29 is 5.11 Å². The van der Waals surface area contributed by atoms with E-state index in [4.69, 9.17) is 0 Å². The van der Waals surface area contributed by atoms with E-state index in [2.05, 4.69) is 24.0 Å². The first-order valence-electron chi connectivity index (χ1n) is 6.57. The Morgan fingerprint density at radius 2 is 1.71 bits per heavy atom. The number of aromatic hydroxyl groups is 1. The summed E-state index contributed by atoms with van der Waals surface area (Å²) in [7, 11) is 0. The highest BCUT2D eigenvalue weighted by molar-refractivity contribution is 5.42. The SMILES string of the molecule is Cc1cc(CN2CCC(C)CC2)cc(C)c1O. The van der Waals surface area contributed by atoms with Crippen LogP contribution in [0.15, 0.2) is 12.1 Å². The number of phenolic OH excluding ortho intramolecular Hbond substituents is 1. The molecule has 0 amide bonds. The van der Waals surface area contributed by atoms with Gasteiger partial charge in [-0.2, -0.15) is 0 Å². The maximum atomic E-state index is 9.76. The molecule has 17 heavy (non-hydrogen) atoms. The Morgan fingerprint density at radius 3 is 2.24 bits per heavy atom. The van der Waals surface area contributed by atoms with Crippen molar-refractivity contribution in [1.82, 2.24) is 4.90 Å². The largest absolute Gasteiger partial charge is 0.507 e. The number of aryl methyl sites for hydroxylation is 2. The number of hydrogen-bond donors (Lipinski definition) is 1. The van der Waals surface area contributed by atoms with E-state index < -0.39 is 0 Å². The fourth-order valence-corrected chi connectivity index (χ4v) is 2.62. The van der Waals surface area contributed by atoms with Gasteiger partial charge in [-0.25, -0.2) is 0 Å². The van der Waals surface area contributed by atoms with E-state index in [1.54, 1.807) is 0 Å². The standard InChI is InChI=1S/C15H23NO/c1-11-4-6-16(7-5-11)10-14-8-12(2)15(17)13(3)9-14/h8-9,11,17H,4-7,10H2,1-3H3. The molecule has 1 aromatic rings. The number of piperidine rings is 1. The van der Waals surface area contributed by atoms with E-state index in [1.165, 1.54) is 31.5 Å². The summed E-state index contributed by atoms with van der Waals surface area (Å²) in [4.78, 5) is 2.52. The van der Waals surface area contributed by atoms with E-state index in [0.29, 0.717) is 5.75 Å². The Hall–Kier alpha value is -1.02. The van der Waals surface area contributed by atoms with Crippen LogP contribution in [-0.2, 0) is 6.54 Å². The lowest BCUT2D eigenvalue weighted by molar-refractivity contribution is 0.185. The number of nitrogens with zero attached hydrogens (tertiary/aromatic N) is 1. The van der Waals surface area contributed by atoms with Crippen molar-refractivity contribution in [2.75, 3.05) is 13.1 Å². The van der Waals surface area contributed by atoms with Gasteiger partial charge in [-0.15, -0.1) is 0 Å². The maximum absolute atomic E-state index is 9.76. The van der Waals surface area contributed by atoms with Crippen LogP contribution in [0.4, 0.5) is 0 Å². The predicted molar refractivity (Wildman–Crippen MR) is 71.3 cm³/mol. The lowest BCUT2D eigenvalue weighted by Gasteiger charge is -2.30. The molecule has 0 spiro atoms. The van der Waals surface area contributed by atoms with Crippen molar-refractivity contribution in [3.05, 3.63) is 28.8 Å². The summed E-state index contributed by atoms with van der Waals surface area (Å²) >= 11 is 0. The van der Waals surface area contributed by atoms with Crippen LogP contribution in [0, 0.1) is 19.8 Å². The highest BCUT2D eigenvalue weighted by atomic mass is 16.3. The van der Waals surface area contributed by atoms with Gasteiger partial charge in [-0.3, -0.25) is 4.90 Å². The van der Waals surface area contributed by atoms with Crippen LogP contribution in [0.3, 0.4) is 0 Å². The molecular formula is C15H23NO. The van der Waals surface area contributed by atoms with Gasteiger partial charge in [0.1, 0.15) is 5.75 Å². The number of benzene rings is 1. The summed E-state index contributed by atoms with van der Waals surface area (Å²) in [6, 6.07) is 4.22. The smallest absolute Gasteiger partial charge is 0.121 e. The summed E-state index contributed by atoms with van der Waals surface area (Å²) in [6.45, 7) is 9.73. The topological polar surface area (TPSA) is 23.5 Å². The lowest BCUT2D eigenvalue weighted by Crippen LogP contribution is -2.32. The highest BCUT2D eigenvalue weighted by Gasteiger charge is 2.16. The average molecular weight is 233 g/mol. The van der Waals surface area contributed by atoms with Gasteiger partial charge in [-0.1, -0.05) is 19.1 Å². The summed E-state index contributed by atoms with van der Waals surface area (Å²) in [5.41, 5.74) is 3.31. The fourth-order valence-electron chi connectivity index (χ4n) is 2.62. The maximum Gasteiger partial charge on any atom is 0.121 e. The Morgan fingerprint density at radius 1 is 1.18 bits per heavy atom. The monoisotopic (exact) mass is 233 g/mol. The summed E-state index contributed by atoms with van der Waals surface area (Å²) in [6.07, 6.45) is 2.63. The van der Waals surface area contributed by atoms with Gasteiger partial charge in [0.15, 0.2) is 0 Å². The first-order chi connectivity index (χ1) is 8.06. The minimum absolute atomic E-state index is 0.445. The Balaban J connectivity index is 2.04. The van der Waals surface area contributed by atoms with E-state index in [0.717, 1.165) is 23.6 Å². The normalized spacial score (nSPS) is 18.5. The van der Waals surface area contributed by atoms with Crippen LogP contribution in [0.5, 0.6) is 5.75 Å². The number of phenols is 1. The van der Waals surface area contributed by atoms with Crippen LogP contribution in [0.25, 0.3) is 0 Å². The van der Waals surface area contributed by atoms with Gasteiger partial charge < -0.3 is 5.11 Å². The molecule has 2 nitrogen and oxygen atoms in total. The highest BCUT2D eigenvalue weighted by Crippen LogP contribution is 2.25. The Kier molecular flexibility index (Phi) is 3.72. The van der Waals surface area contributed by atoms with Crippen LogP contribution < -0.4 is 0 Å². The van der Waals surface area contributed by atoms with E-state index in [9.17, 15) is 5.11 Å². The minimum atomic E-state index is 0.445. The molecule has 1 aliphatic rings. The number of hydrogen-bond acceptors (Lipinski definition) is 2. The molecule has 1 heterocycles. The predicted octanol–water partition coefficient (Wildman–Crippen LogP) is 3.24. The zero-order valence-electron chi connectivity index (χ0n) is 11.2. The van der Waals surface area contributed by atoms with Crippen molar-refractivity contribution in [3.63, 3.8) is 0 Å². The minimum Gasteiger partial charge on any atom is -0.507 e. The molecule has 0 radical (unpaired) electrons. The van der Waals surface area contributed by atoms with Gasteiger partial charge in [-0.05, 0) is 62.4 Å². The van der Waals surface area contributed by atoms with Crippen molar-refractivity contribution in [2.45, 2.75) is 40.2 Å². The second kappa shape index (κ2) is 5.09. The van der Waals surface area contributed by atoms with Crippen LogP contribution in [-0.4, -0.2) is 23.1 Å². The van der Waals surface area contributed by atoms with Crippen LogP contribution in [0.1, 0.15) is 36.5 Å². The fraction of sp³-hybridized carbons (Fsp3) is 0.600. The summed E-state index contributed by atoms with van der Waals surface area (Å²) in [5, 5.41) is 9.76. The molecule has 0 saturated carbocycles. The molecule has 94 valence electrons. The molecule has 1 N–H and O–H groups in total. The van der Waals surface area contributed by atoms with Crippen molar-refractivity contribution in [3.8, 4) is 5.75 Å².